The molecule has 1 fully saturated rings. The highest BCUT2D eigenvalue weighted by Gasteiger charge is 2.23. The summed E-state index contributed by atoms with van der Waals surface area (Å²) in [7, 11) is 0. The number of carbonyl (C=O) groups is 1. The summed E-state index contributed by atoms with van der Waals surface area (Å²) in [6.07, 6.45) is 0. The second kappa shape index (κ2) is 6.82. The minimum Gasteiger partial charge on any atom is -0.353 e. The van der Waals surface area contributed by atoms with Crippen molar-refractivity contribution in [3.05, 3.63) is 51.0 Å². The normalized spacial score (nSPS) is 14.9. The van der Waals surface area contributed by atoms with Gasteiger partial charge in [-0.1, -0.05) is 0 Å². The third-order valence-electron chi connectivity index (χ3n) is 3.93. The van der Waals surface area contributed by atoms with Gasteiger partial charge in [-0.3, -0.25) is 4.79 Å². The summed E-state index contributed by atoms with van der Waals surface area (Å²) in [5.74, 6) is 1.85. The van der Waals surface area contributed by atoms with Crippen molar-refractivity contribution in [2.75, 3.05) is 31.1 Å². The van der Waals surface area contributed by atoms with Gasteiger partial charge < -0.3 is 9.80 Å². The first kappa shape index (κ1) is 16.2. The molecule has 1 aromatic heterocycles. The number of halogens is 1. The summed E-state index contributed by atoms with van der Waals surface area (Å²) in [6.45, 7) is 6.92. The van der Waals surface area contributed by atoms with E-state index in [2.05, 4.69) is 37.5 Å². The number of amides is 1. The molecule has 0 radical (unpaired) electrons. The lowest BCUT2D eigenvalue weighted by atomic mass is 10.2. The van der Waals surface area contributed by atoms with Crippen LogP contribution < -0.4 is 4.90 Å². The van der Waals surface area contributed by atoms with Crippen LogP contribution in [0.2, 0.25) is 0 Å². The van der Waals surface area contributed by atoms with Crippen LogP contribution in [0.4, 0.5) is 5.82 Å². The van der Waals surface area contributed by atoms with Crippen LogP contribution in [-0.4, -0.2) is 47.0 Å². The van der Waals surface area contributed by atoms with Crippen molar-refractivity contribution < 1.29 is 4.79 Å². The highest BCUT2D eigenvalue weighted by Crippen LogP contribution is 2.17. The molecule has 0 unspecified atom stereocenters. The van der Waals surface area contributed by atoms with E-state index in [9.17, 15) is 4.79 Å². The highest BCUT2D eigenvalue weighted by atomic mass is 127. The SMILES string of the molecule is Cc1cc(N2CCN(C(=O)c3ccc(I)cc3)CC2)nc(C)n1. The standard InChI is InChI=1S/C17H19IN4O/c1-12-11-16(20-13(2)19-12)21-7-9-22(10-8-21)17(23)14-3-5-15(18)6-4-14/h3-6,11H,7-10H2,1-2H3. The molecule has 6 heteroatoms. The minimum atomic E-state index is 0.107. The zero-order valence-corrected chi connectivity index (χ0v) is 15.4. The lowest BCUT2D eigenvalue weighted by molar-refractivity contribution is 0.0746. The maximum absolute atomic E-state index is 12.5. The van der Waals surface area contributed by atoms with Crippen LogP contribution in [-0.2, 0) is 0 Å². The van der Waals surface area contributed by atoms with Crippen molar-refractivity contribution >= 4 is 34.3 Å². The maximum atomic E-state index is 12.5. The van der Waals surface area contributed by atoms with Crippen molar-refractivity contribution in [2.24, 2.45) is 0 Å². The monoisotopic (exact) mass is 422 g/mol. The zero-order valence-electron chi connectivity index (χ0n) is 13.3. The molecule has 0 N–H and O–H groups in total. The fraction of sp³-hybridized carbons (Fsp3) is 0.353. The van der Waals surface area contributed by atoms with Gasteiger partial charge in [-0.25, -0.2) is 9.97 Å². The van der Waals surface area contributed by atoms with E-state index >= 15 is 0 Å². The number of carbonyl (C=O) groups excluding carboxylic acids is 1. The van der Waals surface area contributed by atoms with Gasteiger partial charge in [0.2, 0.25) is 0 Å². The molecule has 1 aliphatic rings. The highest BCUT2D eigenvalue weighted by molar-refractivity contribution is 14.1. The summed E-state index contributed by atoms with van der Waals surface area (Å²) in [4.78, 5) is 25.5. The van der Waals surface area contributed by atoms with E-state index in [4.69, 9.17) is 0 Å². The number of benzene rings is 1. The number of aromatic nitrogens is 2. The third-order valence-corrected chi connectivity index (χ3v) is 4.65. The topological polar surface area (TPSA) is 49.3 Å². The van der Waals surface area contributed by atoms with Gasteiger partial charge in [-0.15, -0.1) is 0 Å². The molecule has 0 bridgehead atoms. The first-order valence-electron chi connectivity index (χ1n) is 7.65. The van der Waals surface area contributed by atoms with Gasteiger partial charge in [0.1, 0.15) is 11.6 Å². The Kier molecular flexibility index (Phi) is 4.79. The fourth-order valence-corrected chi connectivity index (χ4v) is 3.13. The molecular formula is C17H19IN4O. The third kappa shape index (κ3) is 3.80. The fourth-order valence-electron chi connectivity index (χ4n) is 2.77. The Hall–Kier alpha value is -1.70. The van der Waals surface area contributed by atoms with Crippen molar-refractivity contribution in [2.45, 2.75) is 13.8 Å². The zero-order chi connectivity index (χ0) is 16.4. The van der Waals surface area contributed by atoms with Crippen LogP contribution >= 0.6 is 22.6 Å². The minimum absolute atomic E-state index is 0.107. The number of hydrogen-bond donors (Lipinski definition) is 0. The second-order valence-corrected chi connectivity index (χ2v) is 6.95. The van der Waals surface area contributed by atoms with Gasteiger partial charge in [0.05, 0.1) is 0 Å². The number of piperazine rings is 1. The quantitative estimate of drug-likeness (QED) is 0.699. The predicted octanol–water partition coefficient (Wildman–Crippen LogP) is 2.66. The van der Waals surface area contributed by atoms with Crippen LogP contribution in [0.25, 0.3) is 0 Å². The number of rotatable bonds is 2. The lowest BCUT2D eigenvalue weighted by Crippen LogP contribution is -2.49. The molecule has 1 amide bonds. The molecule has 0 saturated carbocycles. The van der Waals surface area contributed by atoms with E-state index in [1.807, 2.05) is 49.1 Å². The maximum Gasteiger partial charge on any atom is 0.253 e. The van der Waals surface area contributed by atoms with Crippen molar-refractivity contribution in [1.29, 1.82) is 0 Å². The molecule has 0 aliphatic carbocycles. The largest absolute Gasteiger partial charge is 0.353 e. The Morgan fingerprint density at radius 1 is 1.04 bits per heavy atom. The molecule has 0 spiro atoms. The average molecular weight is 422 g/mol. The molecule has 2 heterocycles. The van der Waals surface area contributed by atoms with E-state index in [-0.39, 0.29) is 5.91 Å². The molecule has 5 nitrogen and oxygen atoms in total. The van der Waals surface area contributed by atoms with Crippen LogP contribution in [0.15, 0.2) is 30.3 Å². The van der Waals surface area contributed by atoms with E-state index in [1.54, 1.807) is 0 Å². The Bertz CT molecular complexity index is 689. The van der Waals surface area contributed by atoms with E-state index in [0.717, 1.165) is 39.6 Å². The summed E-state index contributed by atoms with van der Waals surface area (Å²) >= 11 is 2.25. The number of anilines is 1. The van der Waals surface area contributed by atoms with E-state index in [1.165, 1.54) is 0 Å². The van der Waals surface area contributed by atoms with E-state index in [0.29, 0.717) is 13.1 Å². The van der Waals surface area contributed by atoms with Crippen LogP contribution in [0.1, 0.15) is 21.9 Å². The van der Waals surface area contributed by atoms with Gasteiger partial charge in [0, 0.05) is 47.1 Å². The van der Waals surface area contributed by atoms with E-state index < -0.39 is 0 Å². The summed E-state index contributed by atoms with van der Waals surface area (Å²) in [5.41, 5.74) is 1.73. The Labute approximate surface area is 149 Å². The van der Waals surface area contributed by atoms with Crippen molar-refractivity contribution in [1.82, 2.24) is 14.9 Å². The Balaban J connectivity index is 1.66. The van der Waals surface area contributed by atoms with Gasteiger partial charge in [0.15, 0.2) is 0 Å². The second-order valence-electron chi connectivity index (χ2n) is 5.70. The predicted molar refractivity (Wildman–Crippen MR) is 98.8 cm³/mol. The lowest BCUT2D eigenvalue weighted by Gasteiger charge is -2.35. The molecule has 120 valence electrons. The summed E-state index contributed by atoms with van der Waals surface area (Å²) in [5, 5.41) is 0. The van der Waals surface area contributed by atoms with Gasteiger partial charge in [-0.2, -0.15) is 0 Å². The molecule has 0 atom stereocenters. The van der Waals surface area contributed by atoms with Crippen LogP contribution in [0, 0.1) is 17.4 Å². The Morgan fingerprint density at radius 2 is 1.70 bits per heavy atom. The number of aryl methyl sites for hydroxylation is 2. The Morgan fingerprint density at radius 3 is 2.30 bits per heavy atom. The van der Waals surface area contributed by atoms with Gasteiger partial charge in [-0.05, 0) is 60.7 Å². The molecule has 1 saturated heterocycles. The average Bonchev–Trinajstić information content (AvgIpc) is 2.54. The van der Waals surface area contributed by atoms with Crippen LogP contribution in [0.3, 0.4) is 0 Å². The molecule has 2 aromatic rings. The van der Waals surface area contributed by atoms with Crippen molar-refractivity contribution in [3.63, 3.8) is 0 Å². The molecular weight excluding hydrogens is 403 g/mol. The summed E-state index contributed by atoms with van der Waals surface area (Å²) in [6, 6.07) is 9.73. The van der Waals surface area contributed by atoms with Gasteiger partial charge in [0.25, 0.3) is 5.91 Å². The molecule has 1 aliphatic heterocycles. The van der Waals surface area contributed by atoms with Gasteiger partial charge >= 0.3 is 0 Å². The molecule has 3 rings (SSSR count). The van der Waals surface area contributed by atoms with Crippen LogP contribution in [0.5, 0.6) is 0 Å². The first-order valence-corrected chi connectivity index (χ1v) is 8.73. The molecule has 1 aromatic carbocycles. The summed E-state index contributed by atoms with van der Waals surface area (Å²) < 4.78 is 1.14. The number of nitrogens with zero attached hydrogens (tertiary/aromatic N) is 4. The number of hydrogen-bond acceptors (Lipinski definition) is 4. The van der Waals surface area contributed by atoms with Crippen molar-refractivity contribution in [3.8, 4) is 0 Å². The first-order chi connectivity index (χ1) is 11.0. The smallest absolute Gasteiger partial charge is 0.253 e. The molecule has 23 heavy (non-hydrogen) atoms.